The van der Waals surface area contributed by atoms with Crippen molar-refractivity contribution in [3.8, 4) is 0 Å². The molecule has 0 aromatic heterocycles. The summed E-state index contributed by atoms with van der Waals surface area (Å²) in [4.78, 5) is 40.1. The van der Waals surface area contributed by atoms with Crippen LogP contribution in [0, 0.1) is 23.6 Å². The Kier molecular flexibility index (Phi) is 6.32. The Morgan fingerprint density at radius 2 is 1.82 bits per heavy atom. The molecule has 8 nitrogen and oxygen atoms in total. The zero-order valence-corrected chi connectivity index (χ0v) is 18.4. The molecule has 3 heterocycles. The molecule has 2 unspecified atom stereocenters. The molecule has 34 heavy (non-hydrogen) atoms. The first kappa shape index (κ1) is 24.4. The van der Waals surface area contributed by atoms with Crippen LogP contribution < -0.4 is 4.90 Å². The van der Waals surface area contributed by atoms with E-state index in [9.17, 15) is 27.2 Å². The van der Waals surface area contributed by atoms with E-state index in [-0.39, 0.29) is 35.6 Å². The molecule has 0 radical (unpaired) electrons. The van der Waals surface area contributed by atoms with E-state index in [1.165, 1.54) is 12.1 Å². The fourth-order valence-electron chi connectivity index (χ4n) is 5.14. The van der Waals surface area contributed by atoms with Gasteiger partial charge in [0.2, 0.25) is 11.8 Å². The Hall–Kier alpha value is -2.73. The Labute approximate surface area is 193 Å². The van der Waals surface area contributed by atoms with Crippen molar-refractivity contribution in [3.05, 3.63) is 30.1 Å². The molecule has 1 saturated carbocycles. The van der Waals surface area contributed by atoms with Crippen LogP contribution in [-0.2, 0) is 19.1 Å². The summed E-state index contributed by atoms with van der Waals surface area (Å²) in [5.74, 6) is -1.96. The predicted octanol–water partition coefficient (Wildman–Crippen LogP) is 1.60. The molecule has 4 aliphatic rings. The number of alkyl halides is 3. The molecule has 1 aromatic carbocycles. The molecule has 2 amide bonds. The summed E-state index contributed by atoms with van der Waals surface area (Å²) in [6.07, 6.45) is -4.26. The number of fused-ring (bicyclic) bond motifs is 1. The number of carboxylic acid groups (broad SMARTS) is 1. The molecule has 3 saturated heterocycles. The summed E-state index contributed by atoms with van der Waals surface area (Å²) in [7, 11) is 1.95. The first-order valence-electron chi connectivity index (χ1n) is 10.9. The number of likely N-dealkylation sites (N-methyl/N-ethyl adjacent to an activating group) is 1. The molecular formula is C22H25F4N3O5. The van der Waals surface area contributed by atoms with Crippen molar-refractivity contribution < 1.29 is 41.8 Å². The van der Waals surface area contributed by atoms with Gasteiger partial charge in [-0.3, -0.25) is 14.5 Å². The number of benzene rings is 1. The molecule has 1 N–H and O–H groups in total. The summed E-state index contributed by atoms with van der Waals surface area (Å²) < 4.78 is 50.8. The lowest BCUT2D eigenvalue weighted by molar-refractivity contribution is -0.192. The van der Waals surface area contributed by atoms with Gasteiger partial charge >= 0.3 is 12.1 Å². The quantitative estimate of drug-likeness (QED) is 0.638. The monoisotopic (exact) mass is 487 g/mol. The number of amides is 2. The molecule has 4 fully saturated rings. The number of piperazine rings is 1. The maximum Gasteiger partial charge on any atom is 0.490 e. The first-order chi connectivity index (χ1) is 15.9. The lowest BCUT2D eigenvalue weighted by atomic mass is 9.92. The summed E-state index contributed by atoms with van der Waals surface area (Å²) >= 11 is 0. The van der Waals surface area contributed by atoms with Gasteiger partial charge in [-0.2, -0.15) is 13.2 Å². The second-order valence-electron chi connectivity index (χ2n) is 9.24. The number of hydrogen-bond acceptors (Lipinski definition) is 5. The highest BCUT2D eigenvalue weighted by atomic mass is 19.4. The second kappa shape index (κ2) is 8.81. The molecule has 5 rings (SSSR count). The van der Waals surface area contributed by atoms with Crippen LogP contribution >= 0.6 is 0 Å². The highest BCUT2D eigenvalue weighted by Gasteiger charge is 2.60. The normalized spacial score (nSPS) is 30.7. The van der Waals surface area contributed by atoms with Crippen LogP contribution in [0.15, 0.2) is 24.3 Å². The van der Waals surface area contributed by atoms with Crippen molar-refractivity contribution in [1.29, 1.82) is 0 Å². The summed E-state index contributed by atoms with van der Waals surface area (Å²) in [6.45, 7) is 3.52. The number of carboxylic acids is 1. The van der Waals surface area contributed by atoms with Gasteiger partial charge in [0, 0.05) is 31.2 Å². The van der Waals surface area contributed by atoms with Crippen LogP contribution in [0.4, 0.5) is 23.2 Å². The lowest BCUT2D eigenvalue weighted by Crippen LogP contribution is -2.64. The highest BCUT2D eigenvalue weighted by molar-refractivity contribution is 5.96. The van der Waals surface area contributed by atoms with Crippen LogP contribution in [-0.4, -0.2) is 90.8 Å². The Balaban J connectivity index is 0.000000344. The van der Waals surface area contributed by atoms with E-state index < -0.39 is 12.1 Å². The van der Waals surface area contributed by atoms with E-state index in [1.807, 2.05) is 11.9 Å². The molecule has 4 atom stereocenters. The molecular weight excluding hydrogens is 462 g/mol. The Morgan fingerprint density at radius 1 is 1.18 bits per heavy atom. The van der Waals surface area contributed by atoms with E-state index >= 15 is 0 Å². The Bertz CT molecular complexity index is 980. The number of carbonyl (C=O) groups is 3. The van der Waals surface area contributed by atoms with Crippen LogP contribution in [0.1, 0.15) is 6.42 Å². The van der Waals surface area contributed by atoms with E-state index in [4.69, 9.17) is 14.6 Å². The van der Waals surface area contributed by atoms with Crippen LogP contribution in [0.25, 0.3) is 0 Å². The van der Waals surface area contributed by atoms with Crippen molar-refractivity contribution in [3.63, 3.8) is 0 Å². The predicted molar refractivity (Wildman–Crippen MR) is 110 cm³/mol. The van der Waals surface area contributed by atoms with Gasteiger partial charge < -0.3 is 19.6 Å². The number of rotatable bonds is 2. The van der Waals surface area contributed by atoms with E-state index in [2.05, 4.69) is 4.90 Å². The van der Waals surface area contributed by atoms with Gasteiger partial charge in [-0.1, -0.05) is 6.07 Å². The van der Waals surface area contributed by atoms with Gasteiger partial charge in [0.25, 0.3) is 0 Å². The third kappa shape index (κ3) is 4.61. The van der Waals surface area contributed by atoms with Gasteiger partial charge in [-0.05, 0) is 43.5 Å². The van der Waals surface area contributed by atoms with Crippen molar-refractivity contribution in [1.82, 2.24) is 9.80 Å². The Morgan fingerprint density at radius 3 is 2.41 bits per heavy atom. The van der Waals surface area contributed by atoms with Gasteiger partial charge in [0.15, 0.2) is 0 Å². The average Bonchev–Trinajstić information content (AvgIpc) is 3.09. The maximum absolute atomic E-state index is 13.7. The van der Waals surface area contributed by atoms with Crippen molar-refractivity contribution in [2.45, 2.75) is 18.1 Å². The smallest absolute Gasteiger partial charge is 0.475 e. The molecule has 186 valence electrons. The topological polar surface area (TPSA) is 90.4 Å². The lowest BCUT2D eigenvalue weighted by Gasteiger charge is -2.46. The molecule has 0 bridgehead atoms. The minimum absolute atomic E-state index is 0.0348. The first-order valence-corrected chi connectivity index (χ1v) is 10.9. The van der Waals surface area contributed by atoms with E-state index in [0.717, 1.165) is 6.42 Å². The molecule has 1 aromatic rings. The summed E-state index contributed by atoms with van der Waals surface area (Å²) in [6, 6.07) is 6.18. The number of aliphatic carboxylic acids is 1. The molecule has 1 spiro atoms. The average molecular weight is 487 g/mol. The highest BCUT2D eigenvalue weighted by Crippen LogP contribution is 2.52. The molecule has 1 aliphatic carbocycles. The molecule has 12 heteroatoms. The number of anilines is 1. The van der Waals surface area contributed by atoms with Crippen molar-refractivity contribution >= 4 is 23.5 Å². The minimum Gasteiger partial charge on any atom is -0.475 e. The fraction of sp³-hybridized carbons (Fsp3) is 0.591. The van der Waals surface area contributed by atoms with Gasteiger partial charge in [0.1, 0.15) is 5.82 Å². The summed E-state index contributed by atoms with van der Waals surface area (Å²) in [5, 5.41) is 7.12. The fourth-order valence-corrected chi connectivity index (χ4v) is 5.14. The van der Waals surface area contributed by atoms with Crippen molar-refractivity contribution in [2.75, 3.05) is 51.3 Å². The van der Waals surface area contributed by atoms with Gasteiger partial charge in [-0.25, -0.2) is 9.18 Å². The van der Waals surface area contributed by atoms with Crippen LogP contribution in [0.3, 0.4) is 0 Å². The zero-order chi connectivity index (χ0) is 24.8. The third-order valence-corrected chi connectivity index (χ3v) is 7.18. The number of carbonyl (C=O) groups excluding carboxylic acids is 2. The zero-order valence-electron chi connectivity index (χ0n) is 18.4. The summed E-state index contributed by atoms with van der Waals surface area (Å²) in [5.41, 5.74) is 0.322. The number of ether oxygens (including phenoxy) is 1. The number of nitrogens with zero attached hydrogens (tertiary/aromatic N) is 3. The van der Waals surface area contributed by atoms with Gasteiger partial charge in [0.05, 0.1) is 25.3 Å². The maximum atomic E-state index is 13.7. The van der Waals surface area contributed by atoms with Crippen LogP contribution in [0.2, 0.25) is 0 Å². The van der Waals surface area contributed by atoms with Crippen LogP contribution in [0.5, 0.6) is 0 Å². The number of likely N-dealkylation sites (tertiary alicyclic amines) is 1. The standard InChI is InChI=1S/C20H24FN3O3.C2HF3O2/c1-22-8-17(25)24(14-4-2-3-13(21)7-14)12-20(22)5-6-23(11-20)19(26)18-15-9-27-10-16(15)18;3-2(4,5)1(6)7/h2-4,7,15-16,18H,5-6,8-12H2,1H3;(H,6,7)/t15-,16+,18?,20?;. The second-order valence-corrected chi connectivity index (χ2v) is 9.24. The number of hydrogen-bond donors (Lipinski definition) is 1. The van der Waals surface area contributed by atoms with E-state index in [1.54, 1.807) is 17.0 Å². The van der Waals surface area contributed by atoms with Crippen molar-refractivity contribution in [2.24, 2.45) is 17.8 Å². The molecule has 3 aliphatic heterocycles. The van der Waals surface area contributed by atoms with E-state index in [0.29, 0.717) is 50.4 Å². The third-order valence-electron chi connectivity index (χ3n) is 7.18. The SMILES string of the molecule is CN1CC(=O)N(c2cccc(F)c2)CC12CCN(C(=O)C1[C@H]3COC[C@@H]13)C2.O=C(O)C(F)(F)F. The van der Waals surface area contributed by atoms with Gasteiger partial charge in [-0.15, -0.1) is 0 Å². The largest absolute Gasteiger partial charge is 0.490 e. The minimum atomic E-state index is -5.08. The number of halogens is 4.